The van der Waals surface area contributed by atoms with Gasteiger partial charge in [-0.1, -0.05) is 12.2 Å². The zero-order valence-electron chi connectivity index (χ0n) is 10.7. The van der Waals surface area contributed by atoms with Gasteiger partial charge in [0.15, 0.2) is 0 Å². The minimum atomic E-state index is -3.11. The highest BCUT2D eigenvalue weighted by molar-refractivity contribution is 7.88. The van der Waals surface area contributed by atoms with Crippen molar-refractivity contribution in [2.24, 2.45) is 11.7 Å². The number of piperidine rings is 1. The molecule has 1 unspecified atom stereocenters. The van der Waals surface area contributed by atoms with E-state index in [1.54, 1.807) is 11.0 Å². The molecule has 7 nitrogen and oxygen atoms in total. The molecule has 0 aromatic carbocycles. The van der Waals surface area contributed by atoms with Gasteiger partial charge >= 0.3 is 0 Å². The summed E-state index contributed by atoms with van der Waals surface area (Å²) in [4.78, 5) is 4.17. The molecule has 2 rings (SSSR count). The van der Waals surface area contributed by atoms with Gasteiger partial charge in [-0.3, -0.25) is 4.68 Å². The van der Waals surface area contributed by atoms with Crippen LogP contribution in [0, 0.1) is 5.92 Å². The van der Waals surface area contributed by atoms with Crippen molar-refractivity contribution in [2.75, 3.05) is 19.3 Å². The van der Waals surface area contributed by atoms with E-state index in [2.05, 4.69) is 10.1 Å². The van der Waals surface area contributed by atoms with E-state index in [9.17, 15) is 8.42 Å². The average molecular weight is 303 g/mol. The van der Waals surface area contributed by atoms with Crippen LogP contribution in [0.2, 0.25) is 0 Å². The number of sulfonamides is 1. The number of hydrogen-bond acceptors (Lipinski definition) is 5. The second kappa shape index (κ2) is 5.51. The summed E-state index contributed by atoms with van der Waals surface area (Å²) >= 11 is 4.80. The van der Waals surface area contributed by atoms with Crippen LogP contribution in [0.15, 0.2) is 6.33 Å². The predicted octanol–water partition coefficient (Wildman–Crippen LogP) is -0.416. The molecule has 0 radical (unpaired) electrons. The van der Waals surface area contributed by atoms with Crippen molar-refractivity contribution in [1.29, 1.82) is 0 Å². The first kappa shape index (κ1) is 14.4. The molecular weight excluding hydrogens is 286 g/mol. The van der Waals surface area contributed by atoms with Crippen molar-refractivity contribution in [1.82, 2.24) is 19.1 Å². The summed E-state index contributed by atoms with van der Waals surface area (Å²) < 4.78 is 26.3. The largest absolute Gasteiger partial charge is 0.387 e. The van der Waals surface area contributed by atoms with Gasteiger partial charge in [0.05, 0.1) is 6.26 Å². The molecule has 106 valence electrons. The van der Waals surface area contributed by atoms with E-state index >= 15 is 0 Å². The molecule has 1 saturated heterocycles. The third-order valence-corrected chi connectivity index (χ3v) is 4.61. The molecule has 2 heterocycles. The van der Waals surface area contributed by atoms with E-state index < -0.39 is 10.0 Å². The average Bonchev–Trinajstić information content (AvgIpc) is 2.77. The fourth-order valence-corrected chi connectivity index (χ4v) is 3.27. The Kier molecular flexibility index (Phi) is 4.16. The fraction of sp³-hybridized carbons (Fsp3) is 0.700. The van der Waals surface area contributed by atoms with Crippen molar-refractivity contribution in [2.45, 2.75) is 19.4 Å². The van der Waals surface area contributed by atoms with Crippen LogP contribution in [0.4, 0.5) is 0 Å². The lowest BCUT2D eigenvalue weighted by molar-refractivity contribution is 0.240. The van der Waals surface area contributed by atoms with Gasteiger partial charge in [0.2, 0.25) is 15.8 Å². The van der Waals surface area contributed by atoms with E-state index in [-0.39, 0.29) is 10.9 Å². The van der Waals surface area contributed by atoms with Gasteiger partial charge in [0.25, 0.3) is 0 Å². The van der Waals surface area contributed by atoms with Crippen LogP contribution in [-0.2, 0) is 16.6 Å². The topological polar surface area (TPSA) is 94.1 Å². The van der Waals surface area contributed by atoms with Gasteiger partial charge in [-0.2, -0.15) is 0 Å². The molecule has 1 aromatic heterocycles. The standard InChI is InChI=1S/C10H17N5O2S2/c1-19(16,17)15-4-2-3-8(6-15)5-14-7-12-10(13-14)9(11)18/h7-8H,2-6H2,1H3,(H2,11,18). The lowest BCUT2D eigenvalue weighted by Crippen LogP contribution is -2.40. The van der Waals surface area contributed by atoms with E-state index in [0.717, 1.165) is 12.8 Å². The summed E-state index contributed by atoms with van der Waals surface area (Å²) in [5.74, 6) is 0.593. The molecule has 9 heteroatoms. The van der Waals surface area contributed by atoms with Gasteiger partial charge in [-0.05, 0) is 18.8 Å². The van der Waals surface area contributed by atoms with Crippen molar-refractivity contribution in [3.05, 3.63) is 12.2 Å². The van der Waals surface area contributed by atoms with Crippen molar-refractivity contribution < 1.29 is 8.42 Å². The van der Waals surface area contributed by atoms with Crippen LogP contribution in [0.25, 0.3) is 0 Å². The molecule has 1 aliphatic rings. The zero-order valence-corrected chi connectivity index (χ0v) is 12.3. The second-order valence-corrected chi connectivity index (χ2v) is 7.21. The van der Waals surface area contributed by atoms with Crippen molar-refractivity contribution in [3.8, 4) is 0 Å². The molecule has 0 amide bonds. The number of nitrogens with two attached hydrogens (primary N) is 1. The molecule has 0 spiro atoms. The maximum Gasteiger partial charge on any atom is 0.211 e. The van der Waals surface area contributed by atoms with Gasteiger partial charge < -0.3 is 5.73 Å². The lowest BCUT2D eigenvalue weighted by Gasteiger charge is -2.30. The maximum atomic E-state index is 11.5. The number of nitrogens with zero attached hydrogens (tertiary/aromatic N) is 4. The van der Waals surface area contributed by atoms with Crippen LogP contribution in [0.3, 0.4) is 0 Å². The first-order chi connectivity index (χ1) is 8.86. The molecule has 2 N–H and O–H groups in total. The SMILES string of the molecule is CS(=O)(=O)N1CCCC(Cn2cnc(C(N)=S)n2)C1. The third kappa shape index (κ3) is 3.71. The highest BCUT2D eigenvalue weighted by Gasteiger charge is 2.26. The Morgan fingerprint density at radius 2 is 2.37 bits per heavy atom. The summed E-state index contributed by atoms with van der Waals surface area (Å²) in [6.45, 7) is 1.76. The molecule has 19 heavy (non-hydrogen) atoms. The number of hydrogen-bond donors (Lipinski definition) is 1. The Bertz CT molecular complexity index is 568. The number of aromatic nitrogens is 3. The molecule has 0 bridgehead atoms. The van der Waals surface area contributed by atoms with Crippen LogP contribution >= 0.6 is 12.2 Å². The second-order valence-electron chi connectivity index (χ2n) is 4.78. The highest BCUT2D eigenvalue weighted by atomic mass is 32.2. The molecule has 1 aromatic rings. The quantitative estimate of drug-likeness (QED) is 0.760. The Morgan fingerprint density at radius 1 is 1.63 bits per heavy atom. The molecule has 0 saturated carbocycles. The Morgan fingerprint density at radius 3 is 2.95 bits per heavy atom. The maximum absolute atomic E-state index is 11.5. The van der Waals surface area contributed by atoms with E-state index in [1.807, 2.05) is 0 Å². The minimum Gasteiger partial charge on any atom is -0.387 e. The van der Waals surface area contributed by atoms with Gasteiger partial charge in [-0.15, -0.1) is 5.10 Å². The molecule has 0 aliphatic carbocycles. The van der Waals surface area contributed by atoms with E-state index in [4.69, 9.17) is 18.0 Å². The normalized spacial score (nSPS) is 21.4. The van der Waals surface area contributed by atoms with Crippen LogP contribution < -0.4 is 5.73 Å². The third-order valence-electron chi connectivity index (χ3n) is 3.15. The van der Waals surface area contributed by atoms with Crippen molar-refractivity contribution >= 4 is 27.2 Å². The molecule has 1 aliphatic heterocycles. The van der Waals surface area contributed by atoms with Crippen LogP contribution in [0.1, 0.15) is 18.7 Å². The van der Waals surface area contributed by atoms with Gasteiger partial charge in [0.1, 0.15) is 11.3 Å². The smallest absolute Gasteiger partial charge is 0.211 e. The zero-order chi connectivity index (χ0) is 14.0. The highest BCUT2D eigenvalue weighted by Crippen LogP contribution is 2.19. The minimum absolute atomic E-state index is 0.167. The molecular formula is C10H17N5O2S2. The number of rotatable bonds is 4. The van der Waals surface area contributed by atoms with Crippen LogP contribution in [0.5, 0.6) is 0 Å². The fourth-order valence-electron chi connectivity index (χ4n) is 2.24. The summed E-state index contributed by atoms with van der Waals surface area (Å²) in [6, 6.07) is 0. The lowest BCUT2D eigenvalue weighted by atomic mass is 10.00. The summed E-state index contributed by atoms with van der Waals surface area (Å²) in [5.41, 5.74) is 5.44. The first-order valence-corrected chi connectivity index (χ1v) is 8.26. The summed E-state index contributed by atoms with van der Waals surface area (Å²) in [5, 5.41) is 4.16. The molecule has 1 fully saturated rings. The predicted molar refractivity (Wildman–Crippen MR) is 75.1 cm³/mol. The molecule has 1 atom stereocenters. The van der Waals surface area contributed by atoms with Crippen molar-refractivity contribution in [3.63, 3.8) is 0 Å². The van der Waals surface area contributed by atoms with Gasteiger partial charge in [0, 0.05) is 19.6 Å². The Labute approximate surface area is 117 Å². The van der Waals surface area contributed by atoms with Gasteiger partial charge in [-0.25, -0.2) is 17.7 Å². The first-order valence-electron chi connectivity index (χ1n) is 6.00. The summed E-state index contributed by atoms with van der Waals surface area (Å²) in [7, 11) is -3.11. The monoisotopic (exact) mass is 303 g/mol. The van der Waals surface area contributed by atoms with E-state index in [1.165, 1.54) is 10.6 Å². The Hall–Kier alpha value is -1.06. The number of thiocarbonyl (C=S) groups is 1. The Balaban J connectivity index is 2.00. The van der Waals surface area contributed by atoms with E-state index in [0.29, 0.717) is 25.5 Å². The van der Waals surface area contributed by atoms with Crippen LogP contribution in [-0.4, -0.2) is 51.8 Å². The summed E-state index contributed by atoms with van der Waals surface area (Å²) in [6.07, 6.45) is 4.67.